The largest absolute Gasteiger partial charge is 0.379 e. The third-order valence-electron chi connectivity index (χ3n) is 2.13. The molecule has 0 unspecified atom stereocenters. The lowest BCUT2D eigenvalue weighted by Crippen LogP contribution is -2.02. The molecule has 0 aliphatic rings. The predicted molar refractivity (Wildman–Crippen MR) is 54.4 cm³/mol. The van der Waals surface area contributed by atoms with Crippen molar-refractivity contribution in [1.29, 1.82) is 0 Å². The molecule has 0 radical (unpaired) electrons. The average Bonchev–Trinajstić information content (AvgIpc) is 2.75. The van der Waals surface area contributed by atoms with Gasteiger partial charge in [-0.1, -0.05) is 0 Å². The number of halogens is 3. The Balaban J connectivity index is 2.10. The number of aromatic amines is 1. The molecule has 1 aromatic heterocycles. The SMILES string of the molecule is Fc1cc(NCc2ccc[nH]2)cc(F)c1F. The van der Waals surface area contributed by atoms with E-state index in [0.29, 0.717) is 6.54 Å². The highest BCUT2D eigenvalue weighted by Gasteiger charge is 2.10. The summed E-state index contributed by atoms with van der Waals surface area (Å²) in [4.78, 5) is 2.92. The lowest BCUT2D eigenvalue weighted by molar-refractivity contribution is 0.447. The van der Waals surface area contributed by atoms with Crippen LogP contribution in [0.15, 0.2) is 30.5 Å². The second-order valence-corrected chi connectivity index (χ2v) is 3.30. The van der Waals surface area contributed by atoms with Gasteiger partial charge in [0.2, 0.25) is 0 Å². The van der Waals surface area contributed by atoms with E-state index in [1.165, 1.54) is 0 Å². The zero-order chi connectivity index (χ0) is 11.5. The Morgan fingerprint density at radius 2 is 1.81 bits per heavy atom. The molecule has 16 heavy (non-hydrogen) atoms. The van der Waals surface area contributed by atoms with Crippen LogP contribution in [0.5, 0.6) is 0 Å². The lowest BCUT2D eigenvalue weighted by Gasteiger charge is -2.06. The van der Waals surface area contributed by atoms with E-state index < -0.39 is 17.5 Å². The molecule has 0 saturated heterocycles. The van der Waals surface area contributed by atoms with Crippen LogP contribution in [-0.2, 0) is 6.54 Å². The van der Waals surface area contributed by atoms with Gasteiger partial charge >= 0.3 is 0 Å². The van der Waals surface area contributed by atoms with Crippen LogP contribution in [0.4, 0.5) is 18.9 Å². The minimum absolute atomic E-state index is 0.200. The fraction of sp³-hybridized carbons (Fsp3) is 0.0909. The van der Waals surface area contributed by atoms with Crippen LogP contribution in [0.3, 0.4) is 0 Å². The minimum atomic E-state index is -1.45. The number of aromatic nitrogens is 1. The van der Waals surface area contributed by atoms with E-state index in [-0.39, 0.29) is 5.69 Å². The number of rotatable bonds is 3. The number of anilines is 1. The molecule has 0 amide bonds. The van der Waals surface area contributed by atoms with E-state index >= 15 is 0 Å². The molecule has 84 valence electrons. The first-order valence-corrected chi connectivity index (χ1v) is 4.67. The number of hydrogen-bond donors (Lipinski definition) is 2. The standard InChI is InChI=1S/C11H9F3N2/c12-9-4-8(5-10(13)11(9)14)16-6-7-2-1-3-15-7/h1-5,15-16H,6H2. The normalized spacial score (nSPS) is 10.4. The molecule has 0 aliphatic heterocycles. The summed E-state index contributed by atoms with van der Waals surface area (Å²) in [5.74, 6) is -3.85. The second-order valence-electron chi connectivity index (χ2n) is 3.30. The van der Waals surface area contributed by atoms with Crippen molar-refractivity contribution in [2.75, 3.05) is 5.32 Å². The van der Waals surface area contributed by atoms with Gasteiger partial charge in [-0.05, 0) is 12.1 Å². The average molecular weight is 226 g/mol. The van der Waals surface area contributed by atoms with Crippen LogP contribution in [0.1, 0.15) is 5.69 Å². The van der Waals surface area contributed by atoms with E-state index in [1.54, 1.807) is 6.20 Å². The Hall–Kier alpha value is -1.91. The fourth-order valence-electron chi connectivity index (χ4n) is 1.33. The third-order valence-corrected chi connectivity index (χ3v) is 2.13. The smallest absolute Gasteiger partial charge is 0.194 e. The van der Waals surface area contributed by atoms with Gasteiger partial charge in [0.15, 0.2) is 17.5 Å². The second kappa shape index (κ2) is 4.30. The van der Waals surface area contributed by atoms with Crippen molar-refractivity contribution < 1.29 is 13.2 Å². The minimum Gasteiger partial charge on any atom is -0.379 e. The van der Waals surface area contributed by atoms with Crippen LogP contribution >= 0.6 is 0 Å². The van der Waals surface area contributed by atoms with Gasteiger partial charge in [0.1, 0.15) is 0 Å². The highest BCUT2D eigenvalue weighted by Crippen LogP contribution is 2.17. The molecular formula is C11H9F3N2. The maximum absolute atomic E-state index is 12.8. The van der Waals surface area contributed by atoms with Crippen LogP contribution in [0.2, 0.25) is 0 Å². The summed E-state index contributed by atoms with van der Waals surface area (Å²) in [7, 11) is 0. The molecular weight excluding hydrogens is 217 g/mol. The molecule has 0 spiro atoms. The Morgan fingerprint density at radius 3 is 2.38 bits per heavy atom. The van der Waals surface area contributed by atoms with Gasteiger partial charge in [-0.25, -0.2) is 13.2 Å². The van der Waals surface area contributed by atoms with Crippen molar-refractivity contribution in [2.24, 2.45) is 0 Å². The molecule has 1 heterocycles. The molecule has 0 bridgehead atoms. The molecule has 2 N–H and O–H groups in total. The van der Waals surface area contributed by atoms with E-state index in [1.807, 2.05) is 12.1 Å². The topological polar surface area (TPSA) is 27.8 Å². The number of H-pyrrole nitrogens is 1. The van der Waals surface area contributed by atoms with Gasteiger partial charge in [0.25, 0.3) is 0 Å². The maximum Gasteiger partial charge on any atom is 0.194 e. The van der Waals surface area contributed by atoms with E-state index in [9.17, 15) is 13.2 Å². The monoisotopic (exact) mass is 226 g/mol. The van der Waals surface area contributed by atoms with Crippen LogP contribution in [0, 0.1) is 17.5 Å². The van der Waals surface area contributed by atoms with Crippen molar-refractivity contribution >= 4 is 5.69 Å². The summed E-state index contributed by atoms with van der Waals surface area (Å²) < 4.78 is 38.3. The van der Waals surface area contributed by atoms with E-state index in [4.69, 9.17) is 0 Å². The van der Waals surface area contributed by atoms with Crippen LogP contribution in [0.25, 0.3) is 0 Å². The first kappa shape index (κ1) is 10.6. The van der Waals surface area contributed by atoms with Gasteiger partial charge in [0, 0.05) is 29.7 Å². The highest BCUT2D eigenvalue weighted by atomic mass is 19.2. The lowest BCUT2D eigenvalue weighted by atomic mass is 10.2. The Morgan fingerprint density at radius 1 is 1.12 bits per heavy atom. The molecule has 1 aromatic carbocycles. The van der Waals surface area contributed by atoms with Gasteiger partial charge in [-0.15, -0.1) is 0 Å². The maximum atomic E-state index is 12.8. The number of hydrogen-bond acceptors (Lipinski definition) is 1. The summed E-state index contributed by atoms with van der Waals surface area (Å²) in [6.45, 7) is 0.386. The summed E-state index contributed by atoms with van der Waals surface area (Å²) in [5.41, 5.74) is 1.07. The zero-order valence-corrected chi connectivity index (χ0v) is 8.23. The number of nitrogens with one attached hydrogen (secondary N) is 2. The zero-order valence-electron chi connectivity index (χ0n) is 8.23. The van der Waals surface area contributed by atoms with Crippen LogP contribution in [-0.4, -0.2) is 4.98 Å². The van der Waals surface area contributed by atoms with Crippen molar-refractivity contribution in [3.05, 3.63) is 53.6 Å². The molecule has 2 aromatic rings. The first-order chi connectivity index (χ1) is 7.66. The quantitative estimate of drug-likeness (QED) is 0.773. The van der Waals surface area contributed by atoms with Gasteiger partial charge in [-0.3, -0.25) is 0 Å². The summed E-state index contributed by atoms with van der Waals surface area (Å²) in [6, 6.07) is 5.47. The van der Waals surface area contributed by atoms with Crippen molar-refractivity contribution in [3.63, 3.8) is 0 Å². The summed E-state index contributed by atoms with van der Waals surface area (Å²) in [6.07, 6.45) is 1.74. The number of benzene rings is 1. The Labute approximate surface area is 90.1 Å². The van der Waals surface area contributed by atoms with Crippen LogP contribution < -0.4 is 5.32 Å². The summed E-state index contributed by atoms with van der Waals surface area (Å²) in [5, 5.41) is 2.78. The van der Waals surface area contributed by atoms with E-state index in [0.717, 1.165) is 17.8 Å². The molecule has 0 atom stereocenters. The predicted octanol–water partition coefficient (Wildman–Crippen LogP) is 3.04. The molecule has 0 saturated carbocycles. The third kappa shape index (κ3) is 2.18. The molecule has 0 fully saturated rings. The van der Waals surface area contributed by atoms with Crippen molar-refractivity contribution in [2.45, 2.75) is 6.54 Å². The molecule has 5 heteroatoms. The van der Waals surface area contributed by atoms with E-state index in [2.05, 4.69) is 10.3 Å². The van der Waals surface area contributed by atoms with Gasteiger partial charge in [-0.2, -0.15) is 0 Å². The molecule has 2 nitrogen and oxygen atoms in total. The Kier molecular flexibility index (Phi) is 2.85. The fourth-order valence-corrected chi connectivity index (χ4v) is 1.33. The molecule has 0 aliphatic carbocycles. The van der Waals surface area contributed by atoms with Gasteiger partial charge in [0.05, 0.1) is 6.54 Å². The van der Waals surface area contributed by atoms with Crippen molar-refractivity contribution in [1.82, 2.24) is 4.98 Å². The first-order valence-electron chi connectivity index (χ1n) is 4.67. The van der Waals surface area contributed by atoms with Crippen molar-refractivity contribution in [3.8, 4) is 0 Å². The highest BCUT2D eigenvalue weighted by molar-refractivity contribution is 5.44. The summed E-state index contributed by atoms with van der Waals surface area (Å²) >= 11 is 0. The Bertz CT molecular complexity index is 457. The molecule has 2 rings (SSSR count). The van der Waals surface area contributed by atoms with Gasteiger partial charge < -0.3 is 10.3 Å².